The molecule has 0 aliphatic heterocycles. The molecule has 0 bridgehead atoms. The second kappa shape index (κ2) is 9.69. The molecule has 1 aromatic rings. The number of rotatable bonds is 7. The van der Waals surface area contributed by atoms with Gasteiger partial charge in [-0.25, -0.2) is 0 Å². The van der Waals surface area contributed by atoms with Crippen molar-refractivity contribution in [2.24, 2.45) is 0 Å². The highest BCUT2D eigenvalue weighted by atomic mass is 19.4. The quantitative estimate of drug-likeness (QED) is 0.425. The molecule has 7 nitrogen and oxygen atoms in total. The molecule has 0 aliphatic carbocycles. The fraction of sp³-hybridized carbons (Fsp3) is 0.294. The van der Waals surface area contributed by atoms with E-state index in [-0.39, 0.29) is 24.3 Å². The molecule has 10 heteroatoms. The van der Waals surface area contributed by atoms with Gasteiger partial charge in [-0.15, -0.1) is 0 Å². The molecule has 0 atom stereocenters. The Labute approximate surface area is 153 Å². The lowest BCUT2D eigenvalue weighted by atomic mass is 10.1. The highest BCUT2D eigenvalue weighted by Crippen LogP contribution is 2.34. The predicted molar refractivity (Wildman–Crippen MR) is 88.7 cm³/mol. The van der Waals surface area contributed by atoms with Gasteiger partial charge < -0.3 is 15.4 Å². The third-order valence-corrected chi connectivity index (χ3v) is 3.29. The third-order valence-electron chi connectivity index (χ3n) is 3.29. The van der Waals surface area contributed by atoms with Gasteiger partial charge in [0.25, 0.3) is 0 Å². The van der Waals surface area contributed by atoms with Gasteiger partial charge in [-0.1, -0.05) is 0 Å². The van der Waals surface area contributed by atoms with E-state index >= 15 is 0 Å². The second-order valence-corrected chi connectivity index (χ2v) is 5.07. The molecular formula is C17H14F3N5O2. The number of benzene rings is 1. The number of nitriles is 3. The molecule has 0 saturated heterocycles. The zero-order valence-electron chi connectivity index (χ0n) is 14.1. The number of carbonyl (C=O) groups excluding carboxylic acids is 1. The normalized spacial score (nSPS) is 9.96. The van der Waals surface area contributed by atoms with Crippen molar-refractivity contribution in [1.82, 2.24) is 0 Å². The van der Waals surface area contributed by atoms with Crippen molar-refractivity contribution in [3.63, 3.8) is 0 Å². The lowest BCUT2D eigenvalue weighted by Gasteiger charge is -2.16. The molecule has 0 unspecified atom stereocenters. The molecule has 0 heterocycles. The van der Waals surface area contributed by atoms with Crippen LogP contribution in [-0.2, 0) is 15.7 Å². The van der Waals surface area contributed by atoms with Crippen LogP contribution in [0.1, 0.15) is 18.4 Å². The van der Waals surface area contributed by atoms with E-state index in [9.17, 15) is 18.0 Å². The first kappa shape index (κ1) is 21.3. The van der Waals surface area contributed by atoms with Crippen molar-refractivity contribution in [2.75, 3.05) is 24.3 Å². The number of alkyl halides is 3. The van der Waals surface area contributed by atoms with Crippen LogP contribution in [0.25, 0.3) is 0 Å². The summed E-state index contributed by atoms with van der Waals surface area (Å²) in [6, 6.07) is 7.33. The zero-order valence-corrected chi connectivity index (χ0v) is 14.1. The minimum atomic E-state index is -4.62. The summed E-state index contributed by atoms with van der Waals surface area (Å²) in [7, 11) is 1.24. The van der Waals surface area contributed by atoms with Gasteiger partial charge in [0, 0.05) is 13.0 Å². The standard InChI is InChI=1S/C17H14F3N5O2/c1-27-16(26)3-2-6-24-13-5-4-12(17(18,19)20)7-14(13)25-15(10-23)11(8-21)9-22/h4-5,7,24-25H,2-3,6H2,1H3. The smallest absolute Gasteiger partial charge is 0.416 e. The molecule has 0 amide bonds. The first-order valence-electron chi connectivity index (χ1n) is 7.50. The zero-order chi connectivity index (χ0) is 20.4. The summed E-state index contributed by atoms with van der Waals surface area (Å²) in [5, 5.41) is 32.0. The van der Waals surface area contributed by atoms with Crippen molar-refractivity contribution in [1.29, 1.82) is 15.8 Å². The van der Waals surface area contributed by atoms with Crippen LogP contribution in [-0.4, -0.2) is 19.6 Å². The molecule has 0 radical (unpaired) electrons. The Hall–Kier alpha value is -3.71. The average Bonchev–Trinajstić information content (AvgIpc) is 2.64. The average molecular weight is 377 g/mol. The van der Waals surface area contributed by atoms with E-state index in [0.717, 1.165) is 18.2 Å². The number of hydrogen-bond donors (Lipinski definition) is 2. The van der Waals surface area contributed by atoms with Crippen LogP contribution in [0.15, 0.2) is 29.5 Å². The molecule has 140 valence electrons. The molecule has 1 rings (SSSR count). The Morgan fingerprint density at radius 3 is 2.33 bits per heavy atom. The lowest BCUT2D eigenvalue weighted by molar-refractivity contribution is -0.140. The van der Waals surface area contributed by atoms with Gasteiger partial charge in [-0.3, -0.25) is 4.79 Å². The summed E-state index contributed by atoms with van der Waals surface area (Å²) in [4.78, 5) is 11.1. The van der Waals surface area contributed by atoms with E-state index in [0.29, 0.717) is 6.42 Å². The van der Waals surface area contributed by atoms with Crippen LogP contribution in [0.4, 0.5) is 24.5 Å². The number of ether oxygens (including phenoxy) is 1. The van der Waals surface area contributed by atoms with E-state index < -0.39 is 29.0 Å². The largest absolute Gasteiger partial charge is 0.469 e. The fourth-order valence-corrected chi connectivity index (χ4v) is 1.95. The van der Waals surface area contributed by atoms with Crippen LogP contribution < -0.4 is 10.6 Å². The highest BCUT2D eigenvalue weighted by molar-refractivity contribution is 5.74. The Bertz CT molecular complexity index is 841. The Morgan fingerprint density at radius 1 is 1.15 bits per heavy atom. The Balaban J connectivity index is 3.15. The molecule has 27 heavy (non-hydrogen) atoms. The number of nitrogens with one attached hydrogen (secondary N) is 2. The molecule has 0 aliphatic rings. The number of carbonyl (C=O) groups is 1. The van der Waals surface area contributed by atoms with Crippen LogP contribution in [0.5, 0.6) is 0 Å². The van der Waals surface area contributed by atoms with Crippen LogP contribution >= 0.6 is 0 Å². The molecule has 1 aromatic carbocycles. The SMILES string of the molecule is COC(=O)CCCNc1ccc(C(F)(F)F)cc1NC(C#N)=C(C#N)C#N. The number of nitrogens with zero attached hydrogens (tertiary/aromatic N) is 3. The van der Waals surface area contributed by atoms with E-state index in [1.54, 1.807) is 6.07 Å². The summed E-state index contributed by atoms with van der Waals surface area (Å²) in [6.07, 6.45) is -4.15. The summed E-state index contributed by atoms with van der Waals surface area (Å²) >= 11 is 0. The van der Waals surface area contributed by atoms with Gasteiger partial charge in [0.1, 0.15) is 23.9 Å². The fourth-order valence-electron chi connectivity index (χ4n) is 1.95. The predicted octanol–water partition coefficient (Wildman–Crippen LogP) is 3.31. The molecule has 0 aromatic heterocycles. The highest BCUT2D eigenvalue weighted by Gasteiger charge is 2.31. The number of esters is 1. The van der Waals surface area contributed by atoms with E-state index in [4.69, 9.17) is 15.8 Å². The summed E-state index contributed by atoms with van der Waals surface area (Å²) in [5.41, 5.74) is -1.94. The summed E-state index contributed by atoms with van der Waals surface area (Å²) < 4.78 is 43.4. The van der Waals surface area contributed by atoms with E-state index in [1.165, 1.54) is 19.2 Å². The monoisotopic (exact) mass is 377 g/mol. The molecule has 2 N–H and O–H groups in total. The number of allylic oxidation sites excluding steroid dienone is 2. The van der Waals surface area contributed by atoms with Gasteiger partial charge in [-0.2, -0.15) is 29.0 Å². The Morgan fingerprint density at radius 2 is 1.81 bits per heavy atom. The molecule has 0 saturated carbocycles. The minimum Gasteiger partial charge on any atom is -0.469 e. The van der Waals surface area contributed by atoms with Crippen molar-refractivity contribution < 1.29 is 22.7 Å². The van der Waals surface area contributed by atoms with Crippen LogP contribution in [0.2, 0.25) is 0 Å². The van der Waals surface area contributed by atoms with Crippen molar-refractivity contribution in [3.8, 4) is 18.2 Å². The summed E-state index contributed by atoms with van der Waals surface area (Å²) in [5.74, 6) is -0.426. The van der Waals surface area contributed by atoms with Crippen molar-refractivity contribution in [3.05, 3.63) is 35.0 Å². The molecular weight excluding hydrogens is 363 g/mol. The topological polar surface area (TPSA) is 122 Å². The minimum absolute atomic E-state index is 0.114. The molecule has 0 fully saturated rings. The number of hydrogen-bond acceptors (Lipinski definition) is 7. The number of methoxy groups -OCH3 is 1. The van der Waals surface area contributed by atoms with Crippen molar-refractivity contribution >= 4 is 17.3 Å². The van der Waals surface area contributed by atoms with Crippen molar-refractivity contribution in [2.45, 2.75) is 19.0 Å². The van der Waals surface area contributed by atoms with Crippen LogP contribution in [0.3, 0.4) is 0 Å². The van der Waals surface area contributed by atoms with Gasteiger partial charge in [0.2, 0.25) is 0 Å². The van der Waals surface area contributed by atoms with Gasteiger partial charge in [-0.05, 0) is 24.6 Å². The second-order valence-electron chi connectivity index (χ2n) is 5.07. The third kappa shape index (κ3) is 6.26. The first-order chi connectivity index (χ1) is 12.8. The maximum absolute atomic E-state index is 13.0. The first-order valence-corrected chi connectivity index (χ1v) is 7.50. The lowest BCUT2D eigenvalue weighted by Crippen LogP contribution is -2.11. The van der Waals surface area contributed by atoms with E-state index in [1.807, 2.05) is 0 Å². The maximum Gasteiger partial charge on any atom is 0.416 e. The molecule has 0 spiro atoms. The Kier molecular flexibility index (Phi) is 7.66. The van der Waals surface area contributed by atoms with Gasteiger partial charge >= 0.3 is 12.1 Å². The maximum atomic E-state index is 13.0. The number of halogens is 3. The van der Waals surface area contributed by atoms with E-state index in [2.05, 4.69) is 15.4 Å². The number of anilines is 2. The van der Waals surface area contributed by atoms with Crippen LogP contribution in [0, 0.1) is 34.0 Å². The summed E-state index contributed by atoms with van der Waals surface area (Å²) in [6.45, 7) is 0.240. The van der Waals surface area contributed by atoms with Gasteiger partial charge in [0.15, 0.2) is 5.57 Å². The van der Waals surface area contributed by atoms with Gasteiger partial charge in [0.05, 0.1) is 24.0 Å².